The van der Waals surface area contributed by atoms with Crippen LogP contribution in [0.1, 0.15) is 12.0 Å². The second kappa shape index (κ2) is 6.62. The largest absolute Gasteiger partial charge is 0.346 e. The molecule has 2 saturated heterocycles. The number of likely N-dealkylation sites (tertiary alicyclic amines) is 1. The summed E-state index contributed by atoms with van der Waals surface area (Å²) in [5, 5.41) is 4.11. The minimum Gasteiger partial charge on any atom is -0.346 e. The Morgan fingerprint density at radius 1 is 1.23 bits per heavy atom. The van der Waals surface area contributed by atoms with Crippen molar-refractivity contribution in [3.05, 3.63) is 33.8 Å². The van der Waals surface area contributed by atoms with Gasteiger partial charge in [-0.15, -0.1) is 0 Å². The van der Waals surface area contributed by atoms with Gasteiger partial charge >= 0.3 is 6.03 Å². The number of benzene rings is 1. The summed E-state index contributed by atoms with van der Waals surface area (Å²) in [5.41, 5.74) is 0.998. The maximum Gasteiger partial charge on any atom is 0.317 e. The SMILES string of the molecule is O=C(NCCc1cc(Cl)cc(Cl)c1)N1CCC2(C1)OCCO2. The minimum absolute atomic E-state index is 0.0934. The van der Waals surface area contributed by atoms with E-state index in [0.29, 0.717) is 49.3 Å². The summed E-state index contributed by atoms with van der Waals surface area (Å²) in [6, 6.07) is 5.30. The van der Waals surface area contributed by atoms with Crippen LogP contribution in [0.4, 0.5) is 4.79 Å². The molecular weight excluding hydrogens is 327 g/mol. The molecule has 3 rings (SSSR count). The molecular formula is C15H18Cl2N2O3. The molecule has 22 heavy (non-hydrogen) atoms. The second-order valence-electron chi connectivity index (χ2n) is 5.54. The Morgan fingerprint density at radius 3 is 2.59 bits per heavy atom. The molecule has 0 bridgehead atoms. The Hall–Kier alpha value is -1.01. The normalized spacial score (nSPS) is 19.8. The van der Waals surface area contributed by atoms with Gasteiger partial charge in [0.05, 0.1) is 19.8 Å². The number of amides is 2. The van der Waals surface area contributed by atoms with Gasteiger partial charge in [0.15, 0.2) is 5.79 Å². The van der Waals surface area contributed by atoms with Crippen LogP contribution in [0.3, 0.4) is 0 Å². The van der Waals surface area contributed by atoms with Gasteiger partial charge in [0.1, 0.15) is 0 Å². The Bertz CT molecular complexity index is 541. The minimum atomic E-state index is -0.572. The molecule has 1 N–H and O–H groups in total. The average molecular weight is 345 g/mol. The summed E-state index contributed by atoms with van der Waals surface area (Å²) in [5.74, 6) is -0.572. The number of hydrogen-bond donors (Lipinski definition) is 1. The first-order chi connectivity index (χ1) is 10.6. The van der Waals surface area contributed by atoms with Crippen molar-refractivity contribution in [3.8, 4) is 0 Å². The second-order valence-corrected chi connectivity index (χ2v) is 6.41. The molecule has 2 aliphatic heterocycles. The van der Waals surface area contributed by atoms with Gasteiger partial charge in [0.25, 0.3) is 0 Å². The van der Waals surface area contributed by atoms with Crippen molar-refractivity contribution in [1.82, 2.24) is 10.2 Å². The van der Waals surface area contributed by atoms with Crippen LogP contribution >= 0.6 is 23.2 Å². The smallest absolute Gasteiger partial charge is 0.317 e. The standard InChI is InChI=1S/C15H18Cl2N2O3/c16-12-7-11(8-13(17)9-12)1-3-18-14(20)19-4-2-15(10-19)21-5-6-22-15/h7-9H,1-6,10H2,(H,18,20). The van der Waals surface area contributed by atoms with Crippen molar-refractivity contribution in [2.75, 3.05) is 32.8 Å². The summed E-state index contributed by atoms with van der Waals surface area (Å²) in [6.07, 6.45) is 1.41. The van der Waals surface area contributed by atoms with Crippen molar-refractivity contribution in [3.63, 3.8) is 0 Å². The van der Waals surface area contributed by atoms with E-state index in [1.54, 1.807) is 11.0 Å². The van der Waals surface area contributed by atoms with Crippen molar-refractivity contribution in [2.24, 2.45) is 0 Å². The maximum absolute atomic E-state index is 12.2. The van der Waals surface area contributed by atoms with Gasteiger partial charge in [-0.25, -0.2) is 4.79 Å². The number of halogens is 2. The van der Waals surface area contributed by atoms with Crippen LogP contribution in [0, 0.1) is 0 Å². The quantitative estimate of drug-likeness (QED) is 0.917. The molecule has 1 aromatic carbocycles. The highest BCUT2D eigenvalue weighted by atomic mass is 35.5. The topological polar surface area (TPSA) is 50.8 Å². The Morgan fingerprint density at radius 2 is 1.91 bits per heavy atom. The van der Waals surface area contributed by atoms with Crippen LogP contribution in [0.2, 0.25) is 10.0 Å². The molecule has 0 saturated carbocycles. The molecule has 0 radical (unpaired) electrons. The zero-order valence-electron chi connectivity index (χ0n) is 12.1. The van der Waals surface area contributed by atoms with E-state index in [-0.39, 0.29) is 6.03 Å². The molecule has 2 heterocycles. The lowest BCUT2D eigenvalue weighted by Gasteiger charge is -2.22. The van der Waals surface area contributed by atoms with Crippen molar-refractivity contribution < 1.29 is 14.3 Å². The molecule has 0 unspecified atom stereocenters. The molecule has 7 heteroatoms. The summed E-state index contributed by atoms with van der Waals surface area (Å²) in [6.45, 7) is 2.87. The molecule has 2 fully saturated rings. The number of nitrogens with one attached hydrogen (secondary N) is 1. The summed E-state index contributed by atoms with van der Waals surface area (Å²) in [7, 11) is 0. The van der Waals surface area contributed by atoms with Crippen molar-refractivity contribution >= 4 is 29.2 Å². The summed E-state index contributed by atoms with van der Waals surface area (Å²) in [4.78, 5) is 13.9. The molecule has 1 spiro atoms. The molecule has 0 aliphatic carbocycles. The molecule has 0 atom stereocenters. The molecule has 1 aromatic rings. The molecule has 0 aromatic heterocycles. The maximum atomic E-state index is 12.2. The third-order valence-corrected chi connectivity index (χ3v) is 4.34. The number of hydrogen-bond acceptors (Lipinski definition) is 3. The van der Waals surface area contributed by atoms with E-state index in [1.807, 2.05) is 12.1 Å². The van der Waals surface area contributed by atoms with Gasteiger partial charge in [-0.05, 0) is 30.2 Å². The van der Waals surface area contributed by atoms with E-state index in [0.717, 1.165) is 12.0 Å². The van der Waals surface area contributed by atoms with Gasteiger partial charge < -0.3 is 19.7 Å². The Kier molecular flexibility index (Phi) is 4.78. The number of carbonyl (C=O) groups is 1. The zero-order chi connectivity index (χ0) is 15.6. The van der Waals surface area contributed by atoms with Crippen LogP contribution in [-0.2, 0) is 15.9 Å². The summed E-state index contributed by atoms with van der Waals surface area (Å²) < 4.78 is 11.2. The van der Waals surface area contributed by atoms with E-state index in [9.17, 15) is 4.79 Å². The number of nitrogens with zero attached hydrogens (tertiary/aromatic N) is 1. The first-order valence-corrected chi connectivity index (χ1v) is 8.08. The van der Waals surface area contributed by atoms with Crippen molar-refractivity contribution in [1.29, 1.82) is 0 Å². The third-order valence-electron chi connectivity index (χ3n) is 3.91. The van der Waals surface area contributed by atoms with E-state index in [2.05, 4.69) is 5.32 Å². The van der Waals surface area contributed by atoms with Crippen LogP contribution in [0.25, 0.3) is 0 Å². The van der Waals surface area contributed by atoms with Crippen LogP contribution in [-0.4, -0.2) is 49.6 Å². The number of urea groups is 1. The Balaban J connectivity index is 1.46. The zero-order valence-corrected chi connectivity index (χ0v) is 13.6. The van der Waals surface area contributed by atoms with Gasteiger partial charge in [0.2, 0.25) is 0 Å². The van der Waals surface area contributed by atoms with Gasteiger partial charge in [0, 0.05) is 29.6 Å². The van der Waals surface area contributed by atoms with E-state index in [1.165, 1.54) is 0 Å². The molecule has 2 aliphatic rings. The number of ether oxygens (including phenoxy) is 2. The number of carbonyl (C=O) groups excluding carboxylic acids is 1. The molecule has 120 valence electrons. The molecule has 5 nitrogen and oxygen atoms in total. The summed E-state index contributed by atoms with van der Waals surface area (Å²) >= 11 is 11.9. The monoisotopic (exact) mass is 344 g/mol. The lowest BCUT2D eigenvalue weighted by Crippen LogP contribution is -2.42. The Labute approximate surface area is 139 Å². The van der Waals surface area contributed by atoms with Gasteiger partial charge in [-0.1, -0.05) is 23.2 Å². The van der Waals surface area contributed by atoms with E-state index in [4.69, 9.17) is 32.7 Å². The first kappa shape index (κ1) is 15.9. The van der Waals surface area contributed by atoms with Crippen molar-refractivity contribution in [2.45, 2.75) is 18.6 Å². The fourth-order valence-electron chi connectivity index (χ4n) is 2.84. The van der Waals surface area contributed by atoms with Gasteiger partial charge in [-0.2, -0.15) is 0 Å². The highest BCUT2D eigenvalue weighted by molar-refractivity contribution is 6.34. The van der Waals surface area contributed by atoms with E-state index >= 15 is 0 Å². The predicted molar refractivity (Wildman–Crippen MR) is 84.4 cm³/mol. The predicted octanol–water partition coefficient (Wildman–Crippen LogP) is 2.69. The lowest BCUT2D eigenvalue weighted by molar-refractivity contribution is -0.143. The average Bonchev–Trinajstić information content (AvgIpc) is 3.08. The van der Waals surface area contributed by atoms with Crippen LogP contribution in [0.5, 0.6) is 0 Å². The van der Waals surface area contributed by atoms with Crippen LogP contribution < -0.4 is 5.32 Å². The van der Waals surface area contributed by atoms with Crippen LogP contribution in [0.15, 0.2) is 18.2 Å². The molecule has 2 amide bonds. The fourth-order valence-corrected chi connectivity index (χ4v) is 3.41. The first-order valence-electron chi connectivity index (χ1n) is 7.32. The fraction of sp³-hybridized carbons (Fsp3) is 0.533. The highest BCUT2D eigenvalue weighted by Crippen LogP contribution is 2.30. The number of rotatable bonds is 3. The third kappa shape index (κ3) is 3.66. The van der Waals surface area contributed by atoms with E-state index < -0.39 is 5.79 Å². The highest BCUT2D eigenvalue weighted by Gasteiger charge is 2.44. The lowest BCUT2D eigenvalue weighted by atomic mass is 10.1. The van der Waals surface area contributed by atoms with Gasteiger partial charge in [-0.3, -0.25) is 0 Å².